The minimum atomic E-state index is -0.603. The molecule has 5 heteroatoms. The minimum Gasteiger partial charge on any atom is -0.396 e. The number of nitrogens with one attached hydrogen (secondary N) is 1. The van der Waals surface area contributed by atoms with Gasteiger partial charge in [0.2, 0.25) is 0 Å². The summed E-state index contributed by atoms with van der Waals surface area (Å²) in [4.78, 5) is 0. The molecular weight excluding hydrogens is 238 g/mol. The molecule has 2 atom stereocenters. The third-order valence-corrected chi connectivity index (χ3v) is 2.80. The number of benzene rings is 1. The summed E-state index contributed by atoms with van der Waals surface area (Å²) in [6, 6.07) is 3.24. The zero-order chi connectivity index (χ0) is 13.5. The zero-order valence-electron chi connectivity index (χ0n) is 10.5. The minimum absolute atomic E-state index is 0.122. The molecule has 0 saturated carbocycles. The zero-order valence-corrected chi connectivity index (χ0v) is 10.5. The average molecular weight is 258 g/mol. The molecule has 2 unspecified atom stereocenters. The van der Waals surface area contributed by atoms with E-state index in [1.807, 2.05) is 6.92 Å². The van der Waals surface area contributed by atoms with E-state index in [-0.39, 0.29) is 25.2 Å². The number of rotatable bonds is 7. The maximum Gasteiger partial charge on any atom is 0.126 e. The number of hydrogen-bond acceptors (Lipinski definition) is 3. The SMILES string of the molecule is CC(CCCO)NC(CN)c1cc(F)cc(F)c1. The second-order valence-electron chi connectivity index (χ2n) is 4.42. The van der Waals surface area contributed by atoms with E-state index >= 15 is 0 Å². The fourth-order valence-corrected chi connectivity index (χ4v) is 1.90. The van der Waals surface area contributed by atoms with Crippen molar-refractivity contribution < 1.29 is 13.9 Å². The first-order valence-electron chi connectivity index (χ1n) is 6.09. The predicted molar refractivity (Wildman–Crippen MR) is 67.1 cm³/mol. The first kappa shape index (κ1) is 15.0. The molecule has 0 aliphatic heterocycles. The molecule has 0 radical (unpaired) electrons. The lowest BCUT2D eigenvalue weighted by Crippen LogP contribution is -2.35. The molecule has 0 spiro atoms. The van der Waals surface area contributed by atoms with E-state index in [1.54, 1.807) is 0 Å². The molecule has 102 valence electrons. The molecule has 1 aromatic carbocycles. The lowest BCUT2D eigenvalue weighted by atomic mass is 10.0. The normalized spacial score (nSPS) is 14.5. The Morgan fingerprint density at radius 3 is 2.39 bits per heavy atom. The summed E-state index contributed by atoms with van der Waals surface area (Å²) in [6.07, 6.45) is 1.47. The molecule has 0 fully saturated rings. The maximum atomic E-state index is 13.1. The quantitative estimate of drug-likeness (QED) is 0.698. The smallest absolute Gasteiger partial charge is 0.126 e. The van der Waals surface area contributed by atoms with Crippen LogP contribution in [0.4, 0.5) is 8.78 Å². The van der Waals surface area contributed by atoms with Gasteiger partial charge in [-0.1, -0.05) is 0 Å². The van der Waals surface area contributed by atoms with E-state index in [1.165, 1.54) is 12.1 Å². The number of nitrogens with two attached hydrogens (primary N) is 1. The first-order chi connectivity index (χ1) is 8.56. The summed E-state index contributed by atoms with van der Waals surface area (Å²) in [6.45, 7) is 2.34. The molecule has 4 N–H and O–H groups in total. The Hall–Kier alpha value is -1.04. The molecule has 18 heavy (non-hydrogen) atoms. The molecule has 0 aliphatic carbocycles. The number of aliphatic hydroxyl groups excluding tert-OH is 1. The molecule has 1 rings (SSSR count). The molecule has 0 saturated heterocycles. The van der Waals surface area contributed by atoms with E-state index in [0.717, 1.165) is 12.5 Å². The van der Waals surface area contributed by atoms with Gasteiger partial charge < -0.3 is 16.2 Å². The van der Waals surface area contributed by atoms with Gasteiger partial charge in [0.05, 0.1) is 0 Å². The van der Waals surface area contributed by atoms with Crippen LogP contribution < -0.4 is 11.1 Å². The highest BCUT2D eigenvalue weighted by molar-refractivity contribution is 5.21. The van der Waals surface area contributed by atoms with Gasteiger partial charge in [0.1, 0.15) is 11.6 Å². The third-order valence-electron chi connectivity index (χ3n) is 2.80. The average Bonchev–Trinajstić information content (AvgIpc) is 2.32. The van der Waals surface area contributed by atoms with Crippen LogP contribution in [0.5, 0.6) is 0 Å². The summed E-state index contributed by atoms with van der Waals surface area (Å²) in [7, 11) is 0. The number of halogens is 2. The van der Waals surface area contributed by atoms with Gasteiger partial charge in [-0.15, -0.1) is 0 Å². The summed E-state index contributed by atoms with van der Waals surface area (Å²) in [5, 5.41) is 11.9. The largest absolute Gasteiger partial charge is 0.396 e. The van der Waals surface area contributed by atoms with Gasteiger partial charge in [0.25, 0.3) is 0 Å². The molecule has 0 bridgehead atoms. The standard InChI is InChI=1S/C13H20F2N2O/c1-9(3-2-4-18)17-13(8-16)10-5-11(14)7-12(15)6-10/h5-7,9,13,17-18H,2-4,8,16H2,1H3. The lowest BCUT2D eigenvalue weighted by molar-refractivity contribution is 0.274. The Kier molecular flexibility index (Phi) is 6.18. The lowest BCUT2D eigenvalue weighted by Gasteiger charge is -2.22. The van der Waals surface area contributed by atoms with Crippen molar-refractivity contribution in [3.63, 3.8) is 0 Å². The second kappa shape index (κ2) is 7.41. The number of hydrogen-bond donors (Lipinski definition) is 3. The van der Waals surface area contributed by atoms with Crippen molar-refractivity contribution in [1.82, 2.24) is 5.32 Å². The summed E-state index contributed by atoms with van der Waals surface area (Å²) >= 11 is 0. The summed E-state index contributed by atoms with van der Waals surface area (Å²) in [5.74, 6) is -1.21. The van der Waals surface area contributed by atoms with Gasteiger partial charge in [0.15, 0.2) is 0 Å². The second-order valence-corrected chi connectivity index (χ2v) is 4.42. The molecule has 0 aliphatic rings. The first-order valence-corrected chi connectivity index (χ1v) is 6.09. The highest BCUT2D eigenvalue weighted by Crippen LogP contribution is 2.16. The Bertz CT molecular complexity index is 354. The Morgan fingerprint density at radius 1 is 1.28 bits per heavy atom. The van der Waals surface area contributed by atoms with Gasteiger partial charge >= 0.3 is 0 Å². The van der Waals surface area contributed by atoms with Crippen LogP contribution in [0, 0.1) is 11.6 Å². The fourth-order valence-electron chi connectivity index (χ4n) is 1.90. The molecule has 3 nitrogen and oxygen atoms in total. The number of aliphatic hydroxyl groups is 1. The van der Waals surface area contributed by atoms with E-state index in [0.29, 0.717) is 12.0 Å². The van der Waals surface area contributed by atoms with Crippen LogP contribution >= 0.6 is 0 Å². The van der Waals surface area contributed by atoms with E-state index in [2.05, 4.69) is 5.32 Å². The van der Waals surface area contributed by atoms with E-state index < -0.39 is 11.6 Å². The van der Waals surface area contributed by atoms with Crippen LogP contribution in [0.25, 0.3) is 0 Å². The fraction of sp³-hybridized carbons (Fsp3) is 0.538. The van der Waals surface area contributed by atoms with Crippen molar-refractivity contribution in [1.29, 1.82) is 0 Å². The topological polar surface area (TPSA) is 58.3 Å². The summed E-state index contributed by atoms with van der Waals surface area (Å²) < 4.78 is 26.2. The molecule has 1 aromatic rings. The van der Waals surface area contributed by atoms with Crippen molar-refractivity contribution in [2.75, 3.05) is 13.2 Å². The van der Waals surface area contributed by atoms with Crippen LogP contribution in [0.1, 0.15) is 31.4 Å². The van der Waals surface area contributed by atoms with Gasteiger partial charge in [-0.05, 0) is 37.5 Å². The van der Waals surface area contributed by atoms with Crippen LogP contribution in [-0.2, 0) is 0 Å². The van der Waals surface area contributed by atoms with Crippen LogP contribution in [0.2, 0.25) is 0 Å². The van der Waals surface area contributed by atoms with Crippen molar-refractivity contribution in [2.45, 2.75) is 31.8 Å². The third kappa shape index (κ3) is 4.68. The highest BCUT2D eigenvalue weighted by Gasteiger charge is 2.14. The van der Waals surface area contributed by atoms with Crippen molar-refractivity contribution >= 4 is 0 Å². The Morgan fingerprint density at radius 2 is 1.89 bits per heavy atom. The van der Waals surface area contributed by atoms with Crippen LogP contribution in [-0.4, -0.2) is 24.3 Å². The monoisotopic (exact) mass is 258 g/mol. The Balaban J connectivity index is 2.70. The molecule has 0 heterocycles. The molecule has 0 amide bonds. The van der Waals surface area contributed by atoms with Crippen molar-refractivity contribution in [3.05, 3.63) is 35.4 Å². The van der Waals surface area contributed by atoms with Gasteiger partial charge in [0, 0.05) is 31.3 Å². The summed E-state index contributed by atoms with van der Waals surface area (Å²) in [5.41, 5.74) is 6.13. The predicted octanol–water partition coefficient (Wildman–Crippen LogP) is 1.72. The maximum absolute atomic E-state index is 13.1. The van der Waals surface area contributed by atoms with Crippen LogP contribution in [0.3, 0.4) is 0 Å². The van der Waals surface area contributed by atoms with Gasteiger partial charge in [-0.2, -0.15) is 0 Å². The Labute approximate surface area is 106 Å². The molecule has 0 aromatic heterocycles. The highest BCUT2D eigenvalue weighted by atomic mass is 19.1. The van der Waals surface area contributed by atoms with Gasteiger partial charge in [-0.3, -0.25) is 0 Å². The van der Waals surface area contributed by atoms with E-state index in [4.69, 9.17) is 10.8 Å². The van der Waals surface area contributed by atoms with Crippen molar-refractivity contribution in [3.8, 4) is 0 Å². The van der Waals surface area contributed by atoms with E-state index in [9.17, 15) is 8.78 Å². The van der Waals surface area contributed by atoms with Gasteiger partial charge in [-0.25, -0.2) is 8.78 Å². The molecular formula is C13H20F2N2O. The van der Waals surface area contributed by atoms with Crippen molar-refractivity contribution in [2.24, 2.45) is 5.73 Å². The van der Waals surface area contributed by atoms with Crippen LogP contribution in [0.15, 0.2) is 18.2 Å².